The Labute approximate surface area is 60.0 Å². The minimum Gasteiger partial charge on any atom is -0.376 e. The van der Waals surface area contributed by atoms with Gasteiger partial charge in [-0.15, -0.1) is 0 Å². The molecule has 0 bridgehead atoms. The molecule has 0 rings (SSSR count). The van der Waals surface area contributed by atoms with E-state index in [0.717, 1.165) is 0 Å². The van der Waals surface area contributed by atoms with Crippen molar-refractivity contribution in [2.45, 2.75) is 32.0 Å². The zero-order valence-corrected chi connectivity index (χ0v) is 6.20. The fourth-order valence-corrected chi connectivity index (χ4v) is 0.458. The lowest BCUT2D eigenvalue weighted by Crippen LogP contribution is -2.57. The Morgan fingerprint density at radius 1 is 1.40 bits per heavy atom. The molecule has 0 unspecified atom stereocenters. The van der Waals surface area contributed by atoms with Gasteiger partial charge in [0.15, 0.2) is 0 Å². The number of hydrogen-bond donors (Lipinski definition) is 5. The summed E-state index contributed by atoms with van der Waals surface area (Å²) in [6.45, 7) is 2.97. The van der Waals surface area contributed by atoms with Gasteiger partial charge in [-0.3, -0.25) is 5.32 Å². The molecule has 0 heterocycles. The van der Waals surface area contributed by atoms with Gasteiger partial charge in [0.2, 0.25) is 0 Å². The average molecular weight is 149 g/mol. The predicted molar refractivity (Wildman–Crippen MR) is 37.6 cm³/mol. The van der Waals surface area contributed by atoms with Gasteiger partial charge in [0.05, 0.1) is 6.17 Å². The lowest BCUT2D eigenvalue weighted by molar-refractivity contribution is -0.0271. The Balaban J connectivity index is 3.68. The van der Waals surface area contributed by atoms with Crippen molar-refractivity contribution in [2.24, 2.45) is 11.5 Å². The van der Waals surface area contributed by atoms with Crippen molar-refractivity contribution in [3.05, 3.63) is 0 Å². The van der Waals surface area contributed by atoms with Crippen LogP contribution in [0.25, 0.3) is 0 Å². The van der Waals surface area contributed by atoms with Crippen LogP contribution in [-0.2, 0) is 0 Å². The van der Waals surface area contributed by atoms with Gasteiger partial charge < -0.3 is 21.7 Å². The smallest absolute Gasteiger partial charge is 0.135 e. The molecule has 0 aliphatic rings. The van der Waals surface area contributed by atoms with E-state index >= 15 is 0 Å². The second-order valence-corrected chi connectivity index (χ2v) is 2.73. The van der Waals surface area contributed by atoms with Crippen LogP contribution in [0.1, 0.15) is 13.8 Å². The largest absolute Gasteiger partial charge is 0.376 e. The summed E-state index contributed by atoms with van der Waals surface area (Å²) in [5.41, 5.74) is 9.04. The molecule has 62 valence electrons. The number of nitrogens with two attached hydrogens (primary N) is 2. The molecule has 0 amide bonds. The van der Waals surface area contributed by atoms with Crippen molar-refractivity contribution in [1.82, 2.24) is 5.32 Å². The minimum atomic E-state index is -1.16. The summed E-state index contributed by atoms with van der Waals surface area (Å²) >= 11 is 0. The maximum atomic E-state index is 9.05. The third kappa shape index (κ3) is 4.66. The number of aliphatic hydroxyl groups excluding tert-OH is 1. The first-order valence-corrected chi connectivity index (χ1v) is 3.02. The molecule has 1 atom stereocenters. The molecule has 7 N–H and O–H groups in total. The minimum absolute atomic E-state index is 0.883. The third-order valence-electron chi connectivity index (χ3n) is 0.866. The Bertz CT molecular complexity index is 99.6. The van der Waals surface area contributed by atoms with Gasteiger partial charge in [-0.1, -0.05) is 0 Å². The van der Waals surface area contributed by atoms with E-state index in [4.69, 9.17) is 21.7 Å². The van der Waals surface area contributed by atoms with Gasteiger partial charge in [-0.2, -0.15) is 0 Å². The van der Waals surface area contributed by atoms with Crippen LogP contribution < -0.4 is 16.8 Å². The Morgan fingerprint density at radius 2 is 1.80 bits per heavy atom. The Hall–Kier alpha value is -0.200. The first kappa shape index (κ1) is 9.80. The molecule has 0 radical (unpaired) electrons. The topological polar surface area (TPSA) is 105 Å². The highest BCUT2D eigenvalue weighted by atomic mass is 16.3. The molecular weight excluding hydrogens is 134 g/mol. The maximum absolute atomic E-state index is 9.05. The van der Waals surface area contributed by atoms with Gasteiger partial charge >= 0.3 is 0 Å². The van der Waals surface area contributed by atoms with Crippen LogP contribution in [-0.4, -0.2) is 28.3 Å². The highest BCUT2D eigenvalue weighted by molar-refractivity contribution is 4.69. The number of rotatable bonds is 3. The summed E-state index contributed by atoms with van der Waals surface area (Å²) < 4.78 is 0. The van der Waals surface area contributed by atoms with E-state index in [1.54, 1.807) is 0 Å². The molecule has 10 heavy (non-hydrogen) atoms. The molecule has 5 nitrogen and oxygen atoms in total. The number of aliphatic hydroxyl groups is 2. The Morgan fingerprint density at radius 3 is 1.90 bits per heavy atom. The molecule has 0 aromatic carbocycles. The number of hydrogen-bond acceptors (Lipinski definition) is 5. The summed E-state index contributed by atoms with van der Waals surface area (Å²) in [6, 6.07) is 0. The molecule has 0 fully saturated rings. The first-order chi connectivity index (χ1) is 4.33. The fourth-order valence-electron chi connectivity index (χ4n) is 0.458. The molecule has 0 spiro atoms. The SMILES string of the molecule is CC(C)(O)N[C@H](O)C(N)N. The van der Waals surface area contributed by atoms with Crippen LogP contribution in [0.4, 0.5) is 0 Å². The summed E-state index contributed by atoms with van der Waals surface area (Å²) in [6.07, 6.45) is -1.97. The normalized spacial score (nSPS) is 15.9. The zero-order chi connectivity index (χ0) is 8.36. The second-order valence-electron chi connectivity index (χ2n) is 2.73. The van der Waals surface area contributed by atoms with Gasteiger partial charge in [0.25, 0.3) is 0 Å². The van der Waals surface area contributed by atoms with Crippen LogP contribution in [0.3, 0.4) is 0 Å². The third-order valence-corrected chi connectivity index (χ3v) is 0.866. The second kappa shape index (κ2) is 3.27. The van der Waals surface area contributed by atoms with Gasteiger partial charge in [-0.25, -0.2) is 0 Å². The fraction of sp³-hybridized carbons (Fsp3) is 1.00. The van der Waals surface area contributed by atoms with E-state index in [2.05, 4.69) is 5.32 Å². The lowest BCUT2D eigenvalue weighted by Gasteiger charge is -2.25. The van der Waals surface area contributed by atoms with Gasteiger partial charge in [0, 0.05) is 0 Å². The molecular formula is C5H15N3O2. The van der Waals surface area contributed by atoms with Crippen LogP contribution in [0, 0.1) is 0 Å². The summed E-state index contributed by atoms with van der Waals surface area (Å²) in [7, 11) is 0. The predicted octanol–water partition coefficient (Wildman–Crippen LogP) is -2.13. The molecule has 0 aromatic rings. The van der Waals surface area contributed by atoms with Crippen molar-refractivity contribution in [1.29, 1.82) is 0 Å². The van der Waals surface area contributed by atoms with E-state index in [1.165, 1.54) is 13.8 Å². The number of nitrogens with one attached hydrogen (secondary N) is 1. The summed E-state index contributed by atoms with van der Waals surface area (Å²) in [5.74, 6) is 0. The van der Waals surface area contributed by atoms with Crippen molar-refractivity contribution in [2.75, 3.05) is 0 Å². The van der Waals surface area contributed by atoms with E-state index < -0.39 is 18.1 Å². The Kier molecular flexibility index (Phi) is 3.20. The quantitative estimate of drug-likeness (QED) is 0.295. The summed E-state index contributed by atoms with van der Waals surface area (Å²) in [4.78, 5) is 0. The standard InChI is InChI=1S/C5H15N3O2/c1-5(2,10)8-4(9)3(6)7/h3-4,8-10H,6-7H2,1-2H3/t4-/m1/s1. The molecule has 5 heteroatoms. The maximum Gasteiger partial charge on any atom is 0.135 e. The van der Waals surface area contributed by atoms with E-state index in [9.17, 15) is 0 Å². The van der Waals surface area contributed by atoms with Crippen molar-refractivity contribution in [3.63, 3.8) is 0 Å². The highest BCUT2D eigenvalue weighted by Gasteiger charge is 2.19. The van der Waals surface area contributed by atoms with E-state index in [1.807, 2.05) is 0 Å². The van der Waals surface area contributed by atoms with Crippen LogP contribution in [0.2, 0.25) is 0 Å². The van der Waals surface area contributed by atoms with Gasteiger partial charge in [0.1, 0.15) is 12.0 Å². The average Bonchev–Trinajstić information content (AvgIpc) is 1.60. The van der Waals surface area contributed by atoms with E-state index in [0.29, 0.717) is 0 Å². The molecule has 0 aromatic heterocycles. The molecule has 0 aliphatic carbocycles. The van der Waals surface area contributed by atoms with Crippen LogP contribution >= 0.6 is 0 Å². The highest BCUT2D eigenvalue weighted by Crippen LogP contribution is 1.95. The van der Waals surface area contributed by atoms with Crippen molar-refractivity contribution >= 4 is 0 Å². The van der Waals surface area contributed by atoms with E-state index in [-0.39, 0.29) is 0 Å². The van der Waals surface area contributed by atoms with Crippen LogP contribution in [0.5, 0.6) is 0 Å². The molecule has 0 saturated heterocycles. The van der Waals surface area contributed by atoms with Crippen LogP contribution in [0.15, 0.2) is 0 Å². The van der Waals surface area contributed by atoms with Gasteiger partial charge in [-0.05, 0) is 13.8 Å². The summed E-state index contributed by atoms with van der Waals surface area (Å²) in [5, 5.41) is 20.4. The molecule has 0 aliphatic heterocycles. The van der Waals surface area contributed by atoms with Crippen molar-refractivity contribution < 1.29 is 10.2 Å². The zero-order valence-electron chi connectivity index (χ0n) is 6.20. The first-order valence-electron chi connectivity index (χ1n) is 3.02. The molecule has 0 saturated carbocycles. The monoisotopic (exact) mass is 149 g/mol. The van der Waals surface area contributed by atoms with Crippen molar-refractivity contribution in [3.8, 4) is 0 Å². The lowest BCUT2D eigenvalue weighted by atomic mass is 10.3.